The number of aromatic nitrogens is 1. The molecule has 3 nitrogen and oxygen atoms in total. The zero-order chi connectivity index (χ0) is 13.2. The van der Waals surface area contributed by atoms with Crippen LogP contribution in [0.5, 0.6) is 5.75 Å². The molecule has 0 radical (unpaired) electrons. The van der Waals surface area contributed by atoms with Crippen molar-refractivity contribution < 1.29 is 26.7 Å². The average molecular weight is 256 g/mol. The van der Waals surface area contributed by atoms with Gasteiger partial charge in [0.05, 0.1) is 5.69 Å². The topological polar surface area (TPSA) is 48.1 Å². The molecule has 1 rings (SSSR count). The number of aryl methyl sites for hydroxylation is 1. The summed E-state index contributed by atoms with van der Waals surface area (Å²) in [6.07, 6.45) is -7.79. The monoisotopic (exact) mass is 256 g/mol. The van der Waals surface area contributed by atoms with Gasteiger partial charge in [0.15, 0.2) is 5.75 Å². The van der Waals surface area contributed by atoms with Crippen molar-refractivity contribution in [3.05, 3.63) is 23.0 Å². The molecule has 96 valence electrons. The van der Waals surface area contributed by atoms with Crippen LogP contribution in [0.3, 0.4) is 0 Å². The van der Waals surface area contributed by atoms with E-state index in [2.05, 4.69) is 9.72 Å². The summed E-state index contributed by atoms with van der Waals surface area (Å²) in [5.41, 5.74) is 4.12. The first-order valence-electron chi connectivity index (χ1n) is 4.49. The van der Waals surface area contributed by atoms with Crippen LogP contribution in [0, 0.1) is 6.92 Å². The molecule has 0 bridgehead atoms. The van der Waals surface area contributed by atoms with Gasteiger partial charge in [-0.25, -0.2) is 13.8 Å². The van der Waals surface area contributed by atoms with Gasteiger partial charge >= 0.3 is 6.36 Å². The van der Waals surface area contributed by atoms with Crippen LogP contribution in [0.1, 0.15) is 23.4 Å². The van der Waals surface area contributed by atoms with Gasteiger partial charge in [-0.3, -0.25) is 0 Å². The summed E-state index contributed by atoms with van der Waals surface area (Å²) in [6.45, 7) is 0.792. The van der Waals surface area contributed by atoms with Gasteiger partial charge < -0.3 is 10.5 Å². The third-order valence-corrected chi connectivity index (χ3v) is 1.90. The molecule has 0 amide bonds. The van der Waals surface area contributed by atoms with Crippen molar-refractivity contribution in [1.29, 1.82) is 0 Å². The Morgan fingerprint density at radius 3 is 2.41 bits per heavy atom. The largest absolute Gasteiger partial charge is 0.573 e. The van der Waals surface area contributed by atoms with Crippen molar-refractivity contribution in [3.8, 4) is 5.75 Å². The average Bonchev–Trinajstić information content (AvgIpc) is 2.18. The van der Waals surface area contributed by atoms with Crippen molar-refractivity contribution >= 4 is 0 Å². The van der Waals surface area contributed by atoms with Gasteiger partial charge in [-0.2, -0.15) is 0 Å². The SMILES string of the molecule is Cc1nc(C(F)F)cc(CN)c1OC(F)(F)F. The maximum Gasteiger partial charge on any atom is 0.573 e. The molecule has 1 aromatic heterocycles. The van der Waals surface area contributed by atoms with Gasteiger partial charge in [0.1, 0.15) is 5.69 Å². The van der Waals surface area contributed by atoms with Gasteiger partial charge in [0, 0.05) is 12.1 Å². The van der Waals surface area contributed by atoms with E-state index in [1.807, 2.05) is 0 Å². The fourth-order valence-corrected chi connectivity index (χ4v) is 1.27. The molecule has 0 fully saturated rings. The fraction of sp³-hybridized carbons (Fsp3) is 0.444. The predicted octanol–water partition coefficient (Wildman–Crippen LogP) is 2.68. The molecule has 0 aliphatic rings. The number of ether oxygens (including phenoxy) is 1. The van der Waals surface area contributed by atoms with Crippen LogP contribution in [-0.4, -0.2) is 11.3 Å². The molecule has 0 aliphatic carbocycles. The second-order valence-electron chi connectivity index (χ2n) is 3.17. The Balaban J connectivity index is 3.21. The second-order valence-corrected chi connectivity index (χ2v) is 3.17. The molecule has 1 heterocycles. The van der Waals surface area contributed by atoms with Crippen LogP contribution in [-0.2, 0) is 6.54 Å². The normalized spacial score (nSPS) is 12.0. The summed E-state index contributed by atoms with van der Waals surface area (Å²) in [7, 11) is 0. The molecule has 0 saturated heterocycles. The first-order valence-corrected chi connectivity index (χ1v) is 4.49. The van der Waals surface area contributed by atoms with Gasteiger partial charge in [-0.05, 0) is 13.0 Å². The minimum absolute atomic E-state index is 0.162. The predicted molar refractivity (Wildman–Crippen MR) is 48.5 cm³/mol. The maximum atomic E-state index is 12.4. The third-order valence-electron chi connectivity index (χ3n) is 1.90. The molecule has 0 unspecified atom stereocenters. The van der Waals surface area contributed by atoms with E-state index in [0.717, 1.165) is 13.0 Å². The highest BCUT2D eigenvalue weighted by atomic mass is 19.4. The lowest BCUT2D eigenvalue weighted by molar-refractivity contribution is -0.275. The van der Waals surface area contributed by atoms with Gasteiger partial charge in [0.2, 0.25) is 0 Å². The van der Waals surface area contributed by atoms with E-state index in [1.54, 1.807) is 0 Å². The number of halogens is 5. The molecule has 0 aliphatic heterocycles. The molecule has 0 aromatic carbocycles. The number of rotatable bonds is 3. The molecule has 0 saturated carbocycles. The van der Waals surface area contributed by atoms with Gasteiger partial charge in [-0.15, -0.1) is 13.2 Å². The Labute approximate surface area is 93.4 Å². The molecule has 1 aromatic rings. The number of nitrogens with two attached hydrogens (primary N) is 1. The number of alkyl halides is 5. The van der Waals surface area contributed by atoms with E-state index < -0.39 is 24.2 Å². The lowest BCUT2D eigenvalue weighted by Crippen LogP contribution is -2.20. The van der Waals surface area contributed by atoms with Gasteiger partial charge in [-0.1, -0.05) is 0 Å². The Kier molecular flexibility index (Phi) is 3.87. The van der Waals surface area contributed by atoms with E-state index in [0.29, 0.717) is 0 Å². The minimum Gasteiger partial charge on any atom is -0.403 e. The molecule has 17 heavy (non-hydrogen) atoms. The van der Waals surface area contributed by atoms with Crippen molar-refractivity contribution in [3.63, 3.8) is 0 Å². The summed E-state index contributed by atoms with van der Waals surface area (Å²) in [4.78, 5) is 3.33. The highest BCUT2D eigenvalue weighted by molar-refractivity contribution is 5.38. The van der Waals surface area contributed by atoms with E-state index in [1.165, 1.54) is 0 Å². The highest BCUT2D eigenvalue weighted by Gasteiger charge is 2.33. The van der Waals surface area contributed by atoms with Crippen molar-refractivity contribution in [1.82, 2.24) is 4.98 Å². The molecule has 0 spiro atoms. The van der Waals surface area contributed by atoms with Crippen LogP contribution >= 0.6 is 0 Å². The Hall–Kier alpha value is -1.44. The maximum absolute atomic E-state index is 12.4. The number of hydrogen-bond acceptors (Lipinski definition) is 3. The molecular formula is C9H9F5N2O. The quantitative estimate of drug-likeness (QED) is 0.846. The fourth-order valence-electron chi connectivity index (χ4n) is 1.27. The van der Waals surface area contributed by atoms with Crippen LogP contribution < -0.4 is 10.5 Å². The van der Waals surface area contributed by atoms with Crippen molar-refractivity contribution in [2.24, 2.45) is 5.73 Å². The van der Waals surface area contributed by atoms with Crippen molar-refractivity contribution in [2.75, 3.05) is 0 Å². The number of nitrogens with zero attached hydrogens (tertiary/aromatic N) is 1. The van der Waals surface area contributed by atoms with E-state index in [9.17, 15) is 22.0 Å². The van der Waals surface area contributed by atoms with Crippen LogP contribution in [0.25, 0.3) is 0 Å². The zero-order valence-electron chi connectivity index (χ0n) is 8.68. The van der Waals surface area contributed by atoms with Crippen LogP contribution in [0.2, 0.25) is 0 Å². The Bertz CT molecular complexity index is 405. The van der Waals surface area contributed by atoms with Crippen LogP contribution in [0.4, 0.5) is 22.0 Å². The summed E-state index contributed by atoms with van der Waals surface area (Å²) in [5, 5.41) is 0. The lowest BCUT2D eigenvalue weighted by atomic mass is 10.1. The zero-order valence-corrected chi connectivity index (χ0v) is 8.68. The minimum atomic E-state index is -4.91. The highest BCUT2D eigenvalue weighted by Crippen LogP contribution is 2.31. The summed E-state index contributed by atoms with van der Waals surface area (Å²) >= 11 is 0. The second kappa shape index (κ2) is 4.82. The first-order chi connectivity index (χ1) is 7.74. The Morgan fingerprint density at radius 1 is 1.41 bits per heavy atom. The lowest BCUT2D eigenvalue weighted by Gasteiger charge is -2.15. The number of hydrogen-bond donors (Lipinski definition) is 1. The smallest absolute Gasteiger partial charge is 0.403 e. The van der Waals surface area contributed by atoms with E-state index in [4.69, 9.17) is 5.73 Å². The van der Waals surface area contributed by atoms with Crippen LogP contribution in [0.15, 0.2) is 6.07 Å². The molecule has 2 N–H and O–H groups in total. The van der Waals surface area contributed by atoms with Gasteiger partial charge in [0.25, 0.3) is 6.43 Å². The summed E-state index contributed by atoms with van der Waals surface area (Å²) in [5.74, 6) is -0.621. The molecule has 0 atom stereocenters. The molecular weight excluding hydrogens is 247 g/mol. The summed E-state index contributed by atoms with van der Waals surface area (Å²) in [6, 6.07) is 0.804. The first kappa shape index (κ1) is 13.6. The van der Waals surface area contributed by atoms with E-state index >= 15 is 0 Å². The standard InChI is InChI=1S/C9H9F5N2O/c1-4-7(17-9(12,13)14)5(3-15)2-6(16-4)8(10)11/h2,8H,3,15H2,1H3. The summed E-state index contributed by atoms with van der Waals surface area (Å²) < 4.78 is 64.6. The van der Waals surface area contributed by atoms with Crippen molar-refractivity contribution in [2.45, 2.75) is 26.3 Å². The Morgan fingerprint density at radius 2 is 2.00 bits per heavy atom. The molecule has 8 heteroatoms. The number of pyridine rings is 1. The third kappa shape index (κ3) is 3.52. The van der Waals surface area contributed by atoms with E-state index in [-0.39, 0.29) is 17.8 Å².